The van der Waals surface area contributed by atoms with Gasteiger partial charge in [-0.3, -0.25) is 4.98 Å². The van der Waals surface area contributed by atoms with E-state index in [1.165, 1.54) is 6.20 Å². The van der Waals surface area contributed by atoms with Crippen molar-refractivity contribution < 1.29 is 5.11 Å². The molecule has 0 aliphatic rings. The Bertz CT molecular complexity index is 201. The minimum atomic E-state index is -0.457. The van der Waals surface area contributed by atoms with Gasteiger partial charge >= 0.3 is 0 Å². The van der Waals surface area contributed by atoms with Crippen molar-refractivity contribution in [2.75, 3.05) is 12.4 Å². The molecule has 0 aliphatic heterocycles. The normalized spacial score (nSPS) is 9.00. The van der Waals surface area contributed by atoms with Gasteiger partial charge in [0.25, 0.3) is 0 Å². The van der Waals surface area contributed by atoms with Crippen LogP contribution in [0, 0.1) is 0 Å². The highest BCUT2D eigenvalue weighted by atomic mass is 16.3. The molecule has 1 rings (SSSR count). The second-order valence-electron chi connectivity index (χ2n) is 1.47. The zero-order valence-electron chi connectivity index (χ0n) is 4.96. The summed E-state index contributed by atoms with van der Waals surface area (Å²) in [6, 6.07) is 1.17. The number of hydrogen-bond donors (Lipinski definition) is 1. The van der Waals surface area contributed by atoms with Crippen molar-refractivity contribution in [3.05, 3.63) is 12.3 Å². The molecule has 0 unspecified atom stereocenters. The van der Waals surface area contributed by atoms with Gasteiger partial charge in [0.05, 0.1) is 6.01 Å². The Hall–Kier alpha value is -1.32. The van der Waals surface area contributed by atoms with Crippen LogP contribution in [0.3, 0.4) is 0 Å². The van der Waals surface area contributed by atoms with Gasteiger partial charge in [0, 0.05) is 13.2 Å². The van der Waals surface area contributed by atoms with Gasteiger partial charge < -0.3 is 10.4 Å². The summed E-state index contributed by atoms with van der Waals surface area (Å²) in [6.07, 6.45) is 1.42. The molecular formula is C5H6N3O-. The molecule has 0 bridgehead atoms. The standard InChI is InChI=1S/C5H7N3O/c1-6-4-2-3-7-5(9)8-4/h2-3H,1H3,(H2,6,7,8,9)/p-1. The highest BCUT2D eigenvalue weighted by molar-refractivity contribution is 5.31. The van der Waals surface area contributed by atoms with Crippen molar-refractivity contribution in [2.45, 2.75) is 0 Å². The Morgan fingerprint density at radius 3 is 2.89 bits per heavy atom. The molecule has 0 saturated carbocycles. The Morgan fingerprint density at radius 1 is 1.67 bits per heavy atom. The molecule has 0 saturated heterocycles. The van der Waals surface area contributed by atoms with Crippen molar-refractivity contribution in [3.8, 4) is 6.01 Å². The van der Waals surface area contributed by atoms with Crippen LogP contribution in [0.25, 0.3) is 0 Å². The van der Waals surface area contributed by atoms with E-state index in [1.54, 1.807) is 13.1 Å². The number of hydrogen-bond acceptors (Lipinski definition) is 4. The minimum Gasteiger partial charge on any atom is -0.844 e. The van der Waals surface area contributed by atoms with E-state index in [2.05, 4.69) is 15.3 Å². The van der Waals surface area contributed by atoms with E-state index in [9.17, 15) is 5.11 Å². The molecule has 0 aliphatic carbocycles. The topological polar surface area (TPSA) is 60.9 Å². The number of anilines is 1. The molecule has 48 valence electrons. The van der Waals surface area contributed by atoms with Crippen LogP contribution in [0.15, 0.2) is 12.3 Å². The molecular weight excluding hydrogens is 118 g/mol. The van der Waals surface area contributed by atoms with Crippen LogP contribution in [-0.4, -0.2) is 17.0 Å². The zero-order valence-corrected chi connectivity index (χ0v) is 4.96. The predicted molar refractivity (Wildman–Crippen MR) is 31.0 cm³/mol. The first-order valence-electron chi connectivity index (χ1n) is 2.51. The van der Waals surface area contributed by atoms with E-state index in [1.807, 2.05) is 0 Å². The lowest BCUT2D eigenvalue weighted by molar-refractivity contribution is -0.281. The third-order valence-corrected chi connectivity index (χ3v) is 0.890. The SMILES string of the molecule is CNc1ccnc([O-])n1. The lowest BCUT2D eigenvalue weighted by atomic mass is 10.6. The fraction of sp³-hybridized carbons (Fsp3) is 0.200. The predicted octanol–water partition coefficient (Wildman–Crippen LogP) is -0.408. The molecule has 9 heavy (non-hydrogen) atoms. The zero-order chi connectivity index (χ0) is 6.69. The fourth-order valence-electron chi connectivity index (χ4n) is 0.480. The summed E-state index contributed by atoms with van der Waals surface area (Å²) in [5, 5.41) is 13.1. The Kier molecular flexibility index (Phi) is 1.48. The fourth-order valence-corrected chi connectivity index (χ4v) is 0.480. The van der Waals surface area contributed by atoms with E-state index in [-0.39, 0.29) is 0 Å². The average Bonchev–Trinajstić information content (AvgIpc) is 1.88. The van der Waals surface area contributed by atoms with Gasteiger partial charge in [-0.25, -0.2) is 4.98 Å². The molecule has 4 nitrogen and oxygen atoms in total. The minimum absolute atomic E-state index is 0.457. The molecule has 4 heteroatoms. The van der Waals surface area contributed by atoms with Gasteiger partial charge in [-0.05, 0) is 6.07 Å². The molecule has 1 aromatic rings. The van der Waals surface area contributed by atoms with Crippen molar-refractivity contribution in [1.29, 1.82) is 0 Å². The monoisotopic (exact) mass is 124 g/mol. The molecule has 0 fully saturated rings. The van der Waals surface area contributed by atoms with E-state index >= 15 is 0 Å². The molecule has 0 atom stereocenters. The van der Waals surface area contributed by atoms with Gasteiger partial charge in [-0.15, -0.1) is 0 Å². The van der Waals surface area contributed by atoms with Crippen LogP contribution in [-0.2, 0) is 0 Å². The molecule has 1 heterocycles. The van der Waals surface area contributed by atoms with Crippen molar-refractivity contribution in [3.63, 3.8) is 0 Å². The second-order valence-corrected chi connectivity index (χ2v) is 1.47. The first-order valence-corrected chi connectivity index (χ1v) is 2.51. The van der Waals surface area contributed by atoms with Gasteiger partial charge in [0.15, 0.2) is 0 Å². The van der Waals surface area contributed by atoms with Gasteiger partial charge in [-0.2, -0.15) is 0 Å². The van der Waals surface area contributed by atoms with E-state index in [0.717, 1.165) is 0 Å². The summed E-state index contributed by atoms with van der Waals surface area (Å²) in [4.78, 5) is 6.90. The smallest absolute Gasteiger partial charge is 0.128 e. The van der Waals surface area contributed by atoms with Crippen LogP contribution in [0.2, 0.25) is 0 Å². The lowest BCUT2D eigenvalue weighted by Crippen LogP contribution is -1.99. The maximum atomic E-state index is 10.4. The summed E-state index contributed by atoms with van der Waals surface area (Å²) in [5.74, 6) is 0.551. The third kappa shape index (κ3) is 1.28. The number of nitrogens with one attached hydrogen (secondary N) is 1. The number of rotatable bonds is 1. The molecule has 0 aromatic carbocycles. The van der Waals surface area contributed by atoms with Crippen LogP contribution in [0.5, 0.6) is 6.01 Å². The van der Waals surface area contributed by atoms with Crippen LogP contribution >= 0.6 is 0 Å². The number of aromatic nitrogens is 2. The molecule has 0 spiro atoms. The summed E-state index contributed by atoms with van der Waals surface area (Å²) < 4.78 is 0. The van der Waals surface area contributed by atoms with Gasteiger partial charge in [-0.1, -0.05) is 0 Å². The molecule has 0 radical (unpaired) electrons. The third-order valence-electron chi connectivity index (χ3n) is 0.890. The van der Waals surface area contributed by atoms with E-state index in [0.29, 0.717) is 5.82 Å². The first kappa shape index (κ1) is 5.81. The highest BCUT2D eigenvalue weighted by Gasteiger charge is 1.83. The maximum Gasteiger partial charge on any atom is 0.128 e. The van der Waals surface area contributed by atoms with E-state index < -0.39 is 6.01 Å². The van der Waals surface area contributed by atoms with Crippen LogP contribution < -0.4 is 10.4 Å². The first-order chi connectivity index (χ1) is 4.33. The summed E-state index contributed by atoms with van der Waals surface area (Å²) in [7, 11) is 1.70. The van der Waals surface area contributed by atoms with Crippen molar-refractivity contribution >= 4 is 5.82 Å². The lowest BCUT2D eigenvalue weighted by Gasteiger charge is -2.03. The van der Waals surface area contributed by atoms with E-state index in [4.69, 9.17) is 0 Å². The van der Waals surface area contributed by atoms with Crippen LogP contribution in [0.1, 0.15) is 0 Å². The average molecular weight is 124 g/mol. The molecule has 1 aromatic heterocycles. The van der Waals surface area contributed by atoms with Gasteiger partial charge in [0.2, 0.25) is 0 Å². The highest BCUT2D eigenvalue weighted by Crippen LogP contribution is 2.00. The summed E-state index contributed by atoms with van der Waals surface area (Å²) >= 11 is 0. The molecule has 0 amide bonds. The number of nitrogens with zero attached hydrogens (tertiary/aromatic N) is 2. The van der Waals surface area contributed by atoms with Crippen molar-refractivity contribution in [1.82, 2.24) is 9.97 Å². The van der Waals surface area contributed by atoms with Gasteiger partial charge in [0.1, 0.15) is 5.82 Å². The maximum absolute atomic E-state index is 10.4. The van der Waals surface area contributed by atoms with Crippen molar-refractivity contribution in [2.24, 2.45) is 0 Å². The summed E-state index contributed by atoms with van der Waals surface area (Å²) in [5.41, 5.74) is 0. The molecule has 1 N–H and O–H groups in total. The quantitative estimate of drug-likeness (QED) is 0.553. The largest absolute Gasteiger partial charge is 0.844 e. The second kappa shape index (κ2) is 2.30. The Morgan fingerprint density at radius 2 is 2.44 bits per heavy atom. The summed E-state index contributed by atoms with van der Waals surface area (Å²) in [6.45, 7) is 0. The Labute approximate surface area is 52.6 Å². The van der Waals surface area contributed by atoms with Crippen LogP contribution in [0.4, 0.5) is 5.82 Å². The Balaban J connectivity index is 2.94.